The molecule has 0 radical (unpaired) electrons. The fraction of sp³-hybridized carbons (Fsp3) is 1.00. The molecule has 1 saturated heterocycles. The van der Waals surface area contributed by atoms with Crippen molar-refractivity contribution < 1.29 is 23.6 Å². The van der Waals surface area contributed by atoms with Crippen molar-refractivity contribution in [1.82, 2.24) is 0 Å². The molecule has 0 aromatic heterocycles. The fourth-order valence-electron chi connectivity index (χ4n) is 0.790. The molecule has 0 saturated carbocycles. The Kier molecular flexibility index (Phi) is 2.44. The molecule has 6 heteroatoms. The quantitative estimate of drug-likeness (QED) is 0.562. The first-order valence-corrected chi connectivity index (χ1v) is 4.42. The molecule has 1 unspecified atom stereocenters. The number of rotatable bonds is 2. The highest BCUT2D eigenvalue weighted by Crippen LogP contribution is 2.38. The van der Waals surface area contributed by atoms with Crippen LogP contribution < -0.4 is 0 Å². The first-order valence-electron chi connectivity index (χ1n) is 2.89. The number of ether oxygens (including phenoxy) is 1. The smallest absolute Gasteiger partial charge is 0.379 e. The summed E-state index contributed by atoms with van der Waals surface area (Å²) in [5.41, 5.74) is 0. The van der Waals surface area contributed by atoms with Gasteiger partial charge in [0.05, 0.1) is 12.7 Å². The Hall–Kier alpha value is 0.0700. The molecule has 0 aromatic carbocycles. The summed E-state index contributed by atoms with van der Waals surface area (Å²) < 4.78 is 19.4. The summed E-state index contributed by atoms with van der Waals surface area (Å²) in [6.45, 7) is 0.801. The topological polar surface area (TPSA) is 76.0 Å². The lowest BCUT2D eigenvalue weighted by atomic mass is 10.3. The molecule has 0 spiro atoms. The molecule has 0 bridgehead atoms. The minimum absolute atomic E-state index is 0.283. The van der Waals surface area contributed by atoms with E-state index in [1.54, 1.807) is 0 Å². The molecule has 1 aliphatic heterocycles. The lowest BCUT2D eigenvalue weighted by Crippen LogP contribution is -2.09. The van der Waals surface area contributed by atoms with Crippen molar-refractivity contribution in [1.29, 1.82) is 0 Å². The second-order valence-corrected chi connectivity index (χ2v) is 3.27. The summed E-state index contributed by atoms with van der Waals surface area (Å²) >= 11 is 0. The van der Waals surface area contributed by atoms with Gasteiger partial charge >= 0.3 is 7.82 Å². The van der Waals surface area contributed by atoms with Crippen LogP contribution in [0.4, 0.5) is 0 Å². The van der Waals surface area contributed by atoms with E-state index in [-0.39, 0.29) is 6.61 Å². The van der Waals surface area contributed by atoms with Crippen molar-refractivity contribution in [2.45, 2.75) is 12.5 Å². The number of phosphoric ester groups is 1. The average Bonchev–Trinajstić information content (AvgIpc) is 2.12. The number of phosphoric acid groups is 1. The lowest BCUT2D eigenvalue weighted by Gasteiger charge is -2.09. The Bertz CT molecular complexity index is 146. The largest absolute Gasteiger partial charge is 0.469 e. The molecule has 1 rings (SSSR count). The van der Waals surface area contributed by atoms with Crippen LogP contribution in [0, 0.1) is 0 Å². The van der Waals surface area contributed by atoms with E-state index < -0.39 is 13.9 Å². The van der Waals surface area contributed by atoms with E-state index in [9.17, 15) is 4.57 Å². The molecular weight excluding hydrogens is 159 g/mol. The van der Waals surface area contributed by atoms with Gasteiger partial charge in [-0.1, -0.05) is 0 Å². The average molecular weight is 168 g/mol. The third-order valence-electron chi connectivity index (χ3n) is 1.17. The van der Waals surface area contributed by atoms with Gasteiger partial charge in [-0.3, -0.25) is 4.52 Å². The third kappa shape index (κ3) is 2.77. The third-order valence-corrected chi connectivity index (χ3v) is 1.75. The van der Waals surface area contributed by atoms with Crippen LogP contribution in [0.5, 0.6) is 0 Å². The van der Waals surface area contributed by atoms with Gasteiger partial charge < -0.3 is 14.5 Å². The van der Waals surface area contributed by atoms with Crippen LogP contribution in [0.2, 0.25) is 0 Å². The molecule has 1 atom stereocenters. The maximum atomic E-state index is 10.2. The van der Waals surface area contributed by atoms with E-state index in [4.69, 9.17) is 14.5 Å². The van der Waals surface area contributed by atoms with Crippen molar-refractivity contribution in [3.05, 3.63) is 0 Å². The highest BCUT2D eigenvalue weighted by molar-refractivity contribution is 7.46. The first-order chi connectivity index (χ1) is 4.58. The molecule has 1 aliphatic rings. The summed E-state index contributed by atoms with van der Waals surface area (Å²) in [6, 6.07) is 0. The zero-order valence-corrected chi connectivity index (χ0v) is 6.16. The standard InChI is InChI=1S/C4H9O5P/c5-10(6,7)9-4-1-2-8-3-4/h4H,1-3H2,(H2,5,6,7). The first kappa shape index (κ1) is 8.17. The Balaban J connectivity index is 2.31. The molecule has 1 fully saturated rings. The van der Waals surface area contributed by atoms with Crippen LogP contribution in [0.15, 0.2) is 0 Å². The highest BCUT2D eigenvalue weighted by Gasteiger charge is 2.25. The monoisotopic (exact) mass is 168 g/mol. The molecule has 10 heavy (non-hydrogen) atoms. The Labute approximate surface area is 58.2 Å². The zero-order chi connectivity index (χ0) is 7.61. The van der Waals surface area contributed by atoms with Crippen molar-refractivity contribution in [3.63, 3.8) is 0 Å². The lowest BCUT2D eigenvalue weighted by molar-refractivity contribution is 0.108. The van der Waals surface area contributed by atoms with Gasteiger partial charge in [0, 0.05) is 6.61 Å². The van der Waals surface area contributed by atoms with Crippen LogP contribution in [0.25, 0.3) is 0 Å². The van der Waals surface area contributed by atoms with Crippen LogP contribution >= 0.6 is 7.82 Å². The fourth-order valence-corrected chi connectivity index (χ4v) is 1.34. The van der Waals surface area contributed by atoms with E-state index in [1.807, 2.05) is 0 Å². The highest BCUT2D eigenvalue weighted by atomic mass is 31.2. The summed E-state index contributed by atoms with van der Waals surface area (Å²) in [4.78, 5) is 16.6. The van der Waals surface area contributed by atoms with Gasteiger partial charge in [0.2, 0.25) is 0 Å². The van der Waals surface area contributed by atoms with Gasteiger partial charge in [-0.05, 0) is 6.42 Å². The van der Waals surface area contributed by atoms with Crippen molar-refractivity contribution in [2.75, 3.05) is 13.2 Å². The van der Waals surface area contributed by atoms with Crippen molar-refractivity contribution in [2.24, 2.45) is 0 Å². The Morgan fingerprint density at radius 2 is 2.30 bits per heavy atom. The van der Waals surface area contributed by atoms with Gasteiger partial charge in [0.25, 0.3) is 0 Å². The van der Waals surface area contributed by atoms with E-state index in [0.717, 1.165) is 0 Å². The Morgan fingerprint density at radius 3 is 2.70 bits per heavy atom. The zero-order valence-electron chi connectivity index (χ0n) is 5.27. The van der Waals surface area contributed by atoms with E-state index in [1.165, 1.54) is 0 Å². The second kappa shape index (κ2) is 2.98. The number of hydrogen-bond donors (Lipinski definition) is 2. The summed E-state index contributed by atoms with van der Waals surface area (Å²) in [5.74, 6) is 0. The van der Waals surface area contributed by atoms with Crippen molar-refractivity contribution >= 4 is 7.82 Å². The maximum Gasteiger partial charge on any atom is 0.469 e. The maximum absolute atomic E-state index is 10.2. The molecular formula is C4H9O5P. The van der Waals surface area contributed by atoms with Crippen LogP contribution in [0.1, 0.15) is 6.42 Å². The van der Waals surface area contributed by atoms with Gasteiger partial charge in [0.15, 0.2) is 0 Å². The molecule has 5 nitrogen and oxygen atoms in total. The van der Waals surface area contributed by atoms with Gasteiger partial charge in [0.1, 0.15) is 0 Å². The van der Waals surface area contributed by atoms with E-state index in [0.29, 0.717) is 13.0 Å². The SMILES string of the molecule is O=P(O)(O)OC1CCOC1. The van der Waals surface area contributed by atoms with Crippen LogP contribution in [0.3, 0.4) is 0 Å². The number of hydrogen-bond acceptors (Lipinski definition) is 3. The second-order valence-electron chi connectivity index (χ2n) is 2.08. The molecule has 0 amide bonds. The van der Waals surface area contributed by atoms with E-state index in [2.05, 4.69) is 4.52 Å². The summed E-state index contributed by atoms with van der Waals surface area (Å²) in [5, 5.41) is 0. The van der Waals surface area contributed by atoms with Gasteiger partial charge in [-0.15, -0.1) is 0 Å². The minimum Gasteiger partial charge on any atom is -0.379 e. The Morgan fingerprint density at radius 1 is 1.60 bits per heavy atom. The predicted molar refractivity (Wildman–Crippen MR) is 32.4 cm³/mol. The summed E-state index contributed by atoms with van der Waals surface area (Å²) in [7, 11) is -4.29. The van der Waals surface area contributed by atoms with E-state index >= 15 is 0 Å². The molecule has 2 N–H and O–H groups in total. The van der Waals surface area contributed by atoms with Gasteiger partial charge in [-0.2, -0.15) is 0 Å². The molecule has 60 valence electrons. The predicted octanol–water partition coefficient (Wildman–Crippen LogP) is -0.115. The van der Waals surface area contributed by atoms with Crippen molar-refractivity contribution in [3.8, 4) is 0 Å². The minimum atomic E-state index is -4.29. The van der Waals surface area contributed by atoms with Gasteiger partial charge in [-0.25, -0.2) is 4.57 Å². The van der Waals surface area contributed by atoms with Crippen LogP contribution in [-0.4, -0.2) is 29.1 Å². The molecule has 1 heterocycles. The molecule has 0 aliphatic carbocycles. The van der Waals surface area contributed by atoms with Crippen LogP contribution in [-0.2, 0) is 13.8 Å². The summed E-state index contributed by atoms with van der Waals surface area (Å²) in [6.07, 6.45) is 0.131. The normalized spacial score (nSPS) is 27.2. The molecule has 0 aromatic rings.